The number of nitrogens with one attached hydrogen (secondary N) is 1. The normalized spacial score (nSPS) is 22.9. The Morgan fingerprint density at radius 1 is 1.19 bits per heavy atom. The molecule has 1 saturated carbocycles. The monoisotopic (exact) mass is 353 g/mol. The Balaban J connectivity index is 1.68. The van der Waals surface area contributed by atoms with Gasteiger partial charge in [0.05, 0.1) is 13.2 Å². The standard InChI is InChI=1S/C16H24BrN3O/c17-14-4-5-15(18-12-14)19-13-16(6-2-1-3-7-16)20-8-10-21-11-9-20/h4-5,12H,1-3,6-11,13H2,(H,18,19). The number of pyridine rings is 1. The topological polar surface area (TPSA) is 37.4 Å². The second-order valence-corrected chi connectivity index (χ2v) is 7.02. The maximum atomic E-state index is 5.53. The molecule has 1 aromatic rings. The summed E-state index contributed by atoms with van der Waals surface area (Å²) >= 11 is 3.43. The summed E-state index contributed by atoms with van der Waals surface area (Å²) in [6.07, 6.45) is 8.49. The summed E-state index contributed by atoms with van der Waals surface area (Å²) in [6.45, 7) is 4.86. The maximum absolute atomic E-state index is 5.53. The number of hydrogen-bond acceptors (Lipinski definition) is 4. The van der Waals surface area contributed by atoms with Gasteiger partial charge >= 0.3 is 0 Å². The van der Waals surface area contributed by atoms with Crippen molar-refractivity contribution in [3.63, 3.8) is 0 Å². The molecule has 116 valence electrons. The zero-order valence-electron chi connectivity index (χ0n) is 12.5. The van der Waals surface area contributed by atoms with Gasteiger partial charge in [0.1, 0.15) is 5.82 Å². The highest BCUT2D eigenvalue weighted by Gasteiger charge is 2.38. The van der Waals surface area contributed by atoms with E-state index in [-0.39, 0.29) is 5.54 Å². The Kier molecular flexibility index (Phi) is 5.14. The van der Waals surface area contributed by atoms with Crippen LogP contribution in [0.1, 0.15) is 32.1 Å². The minimum absolute atomic E-state index is 0.288. The van der Waals surface area contributed by atoms with Crippen molar-refractivity contribution >= 4 is 21.7 Å². The molecular weight excluding hydrogens is 330 g/mol. The van der Waals surface area contributed by atoms with Gasteiger partial charge in [0, 0.05) is 35.8 Å². The van der Waals surface area contributed by atoms with Gasteiger partial charge in [-0.25, -0.2) is 4.98 Å². The molecule has 5 heteroatoms. The van der Waals surface area contributed by atoms with Crippen molar-refractivity contribution in [2.24, 2.45) is 0 Å². The summed E-state index contributed by atoms with van der Waals surface area (Å²) in [5.41, 5.74) is 0.288. The third kappa shape index (κ3) is 3.76. The molecule has 1 aliphatic carbocycles. The van der Waals surface area contributed by atoms with Gasteiger partial charge in [-0.3, -0.25) is 4.90 Å². The molecule has 0 atom stereocenters. The first-order valence-corrected chi connectivity index (χ1v) is 8.76. The minimum Gasteiger partial charge on any atom is -0.379 e. The Labute approximate surface area is 135 Å². The first-order valence-electron chi connectivity index (χ1n) is 7.97. The van der Waals surface area contributed by atoms with E-state index < -0.39 is 0 Å². The zero-order chi connectivity index (χ0) is 14.5. The van der Waals surface area contributed by atoms with Crippen LogP contribution >= 0.6 is 15.9 Å². The van der Waals surface area contributed by atoms with Crippen LogP contribution in [0.5, 0.6) is 0 Å². The van der Waals surface area contributed by atoms with Gasteiger partial charge in [-0.05, 0) is 40.9 Å². The lowest BCUT2D eigenvalue weighted by Gasteiger charge is -2.48. The lowest BCUT2D eigenvalue weighted by molar-refractivity contribution is -0.0318. The molecule has 1 aromatic heterocycles. The molecule has 0 aromatic carbocycles. The van der Waals surface area contributed by atoms with Gasteiger partial charge in [0.25, 0.3) is 0 Å². The Bertz CT molecular complexity index is 439. The second-order valence-electron chi connectivity index (χ2n) is 6.10. The highest BCUT2D eigenvalue weighted by molar-refractivity contribution is 9.10. The minimum atomic E-state index is 0.288. The van der Waals surface area contributed by atoms with Crippen LogP contribution in [0.4, 0.5) is 5.82 Å². The van der Waals surface area contributed by atoms with E-state index in [1.54, 1.807) is 0 Å². The van der Waals surface area contributed by atoms with Crippen LogP contribution in [-0.2, 0) is 4.74 Å². The van der Waals surface area contributed by atoms with Crippen molar-refractivity contribution in [2.75, 3.05) is 38.2 Å². The maximum Gasteiger partial charge on any atom is 0.126 e. The predicted octanol–water partition coefficient (Wildman–Crippen LogP) is 3.29. The van der Waals surface area contributed by atoms with Crippen molar-refractivity contribution in [3.8, 4) is 0 Å². The third-order valence-electron chi connectivity index (χ3n) is 4.79. The van der Waals surface area contributed by atoms with E-state index in [2.05, 4.69) is 31.1 Å². The largest absolute Gasteiger partial charge is 0.379 e. The van der Waals surface area contributed by atoms with Gasteiger partial charge in [0.2, 0.25) is 0 Å². The van der Waals surface area contributed by atoms with Crippen LogP contribution in [0.25, 0.3) is 0 Å². The fraction of sp³-hybridized carbons (Fsp3) is 0.688. The molecule has 1 saturated heterocycles. The summed E-state index contributed by atoms with van der Waals surface area (Å²) in [5.74, 6) is 0.969. The first-order chi connectivity index (χ1) is 10.3. The number of halogens is 1. The van der Waals surface area contributed by atoms with Crippen LogP contribution in [-0.4, -0.2) is 48.3 Å². The van der Waals surface area contributed by atoms with Gasteiger partial charge in [-0.2, -0.15) is 0 Å². The summed E-state index contributed by atoms with van der Waals surface area (Å²) in [5, 5.41) is 3.57. The van der Waals surface area contributed by atoms with Crippen molar-refractivity contribution < 1.29 is 4.74 Å². The van der Waals surface area contributed by atoms with Gasteiger partial charge in [-0.1, -0.05) is 19.3 Å². The smallest absolute Gasteiger partial charge is 0.126 e. The van der Waals surface area contributed by atoms with Crippen LogP contribution in [0.3, 0.4) is 0 Å². The average molecular weight is 354 g/mol. The molecule has 1 aliphatic heterocycles. The van der Waals surface area contributed by atoms with E-state index in [9.17, 15) is 0 Å². The fourth-order valence-corrected chi connectivity index (χ4v) is 3.82. The molecule has 4 nitrogen and oxygen atoms in total. The number of nitrogens with zero attached hydrogens (tertiary/aromatic N) is 2. The number of aromatic nitrogens is 1. The number of hydrogen-bond donors (Lipinski definition) is 1. The zero-order valence-corrected chi connectivity index (χ0v) is 14.1. The summed E-state index contributed by atoms with van der Waals surface area (Å²) in [6, 6.07) is 4.08. The Morgan fingerprint density at radius 2 is 1.95 bits per heavy atom. The van der Waals surface area contributed by atoms with Gasteiger partial charge < -0.3 is 10.1 Å². The molecule has 0 spiro atoms. The third-order valence-corrected chi connectivity index (χ3v) is 5.26. The Morgan fingerprint density at radius 3 is 2.62 bits per heavy atom. The molecule has 2 heterocycles. The molecule has 21 heavy (non-hydrogen) atoms. The highest BCUT2D eigenvalue weighted by Crippen LogP contribution is 2.34. The number of morpholine rings is 1. The molecular formula is C16H24BrN3O. The van der Waals surface area contributed by atoms with E-state index in [0.29, 0.717) is 0 Å². The molecule has 2 aliphatic rings. The number of anilines is 1. The lowest BCUT2D eigenvalue weighted by atomic mass is 9.79. The Hall–Kier alpha value is -0.650. The number of rotatable bonds is 4. The molecule has 0 bridgehead atoms. The second kappa shape index (κ2) is 7.07. The van der Waals surface area contributed by atoms with E-state index in [4.69, 9.17) is 4.74 Å². The molecule has 0 amide bonds. The molecule has 0 unspecified atom stereocenters. The summed E-state index contributed by atoms with van der Waals surface area (Å²) < 4.78 is 6.55. The van der Waals surface area contributed by atoms with Crippen molar-refractivity contribution in [1.82, 2.24) is 9.88 Å². The van der Waals surface area contributed by atoms with E-state index in [1.807, 2.05) is 18.3 Å². The average Bonchev–Trinajstić information content (AvgIpc) is 2.56. The van der Waals surface area contributed by atoms with Crippen LogP contribution in [0, 0.1) is 0 Å². The van der Waals surface area contributed by atoms with Crippen molar-refractivity contribution in [2.45, 2.75) is 37.6 Å². The van der Waals surface area contributed by atoms with Gasteiger partial charge in [-0.15, -0.1) is 0 Å². The van der Waals surface area contributed by atoms with E-state index in [1.165, 1.54) is 32.1 Å². The van der Waals surface area contributed by atoms with E-state index in [0.717, 1.165) is 43.1 Å². The van der Waals surface area contributed by atoms with E-state index >= 15 is 0 Å². The van der Waals surface area contributed by atoms with Crippen molar-refractivity contribution in [3.05, 3.63) is 22.8 Å². The molecule has 0 radical (unpaired) electrons. The van der Waals surface area contributed by atoms with Gasteiger partial charge in [0.15, 0.2) is 0 Å². The molecule has 2 fully saturated rings. The number of ether oxygens (including phenoxy) is 1. The fourth-order valence-electron chi connectivity index (χ4n) is 3.59. The van der Waals surface area contributed by atoms with Crippen molar-refractivity contribution in [1.29, 1.82) is 0 Å². The first kappa shape index (κ1) is 15.3. The summed E-state index contributed by atoms with van der Waals surface area (Å²) in [4.78, 5) is 7.09. The van der Waals surface area contributed by atoms with Crippen LogP contribution in [0.15, 0.2) is 22.8 Å². The molecule has 1 N–H and O–H groups in total. The lowest BCUT2D eigenvalue weighted by Crippen LogP contribution is -2.58. The quantitative estimate of drug-likeness (QED) is 0.900. The predicted molar refractivity (Wildman–Crippen MR) is 88.6 cm³/mol. The van der Waals surface area contributed by atoms with Crippen LogP contribution in [0.2, 0.25) is 0 Å². The highest BCUT2D eigenvalue weighted by atomic mass is 79.9. The molecule has 3 rings (SSSR count). The SMILES string of the molecule is Brc1ccc(NCC2(N3CCOCC3)CCCCC2)nc1. The summed E-state index contributed by atoms with van der Waals surface area (Å²) in [7, 11) is 0. The van der Waals surface area contributed by atoms with Crippen LogP contribution < -0.4 is 5.32 Å².